The van der Waals surface area contributed by atoms with Crippen molar-refractivity contribution in [1.82, 2.24) is 14.7 Å². The van der Waals surface area contributed by atoms with Crippen molar-refractivity contribution in [3.05, 3.63) is 100 Å². The van der Waals surface area contributed by atoms with Crippen LogP contribution in [0.5, 0.6) is 0 Å². The molecule has 0 aliphatic heterocycles. The number of amides is 1. The molecule has 0 unspecified atom stereocenters. The van der Waals surface area contributed by atoms with Gasteiger partial charge in [0, 0.05) is 5.56 Å². The number of aryl methyl sites for hydroxylation is 1. The number of aromatic amines is 1. The van der Waals surface area contributed by atoms with Crippen LogP contribution < -0.4 is 4.72 Å². The van der Waals surface area contributed by atoms with Crippen molar-refractivity contribution in [2.75, 3.05) is 5.75 Å². The summed E-state index contributed by atoms with van der Waals surface area (Å²) in [4.78, 5) is 20.5. The fourth-order valence-electron chi connectivity index (χ4n) is 3.89. The van der Waals surface area contributed by atoms with Crippen molar-refractivity contribution in [1.29, 1.82) is 0 Å². The summed E-state index contributed by atoms with van der Waals surface area (Å²) in [5, 5.41) is 0. The normalized spacial score (nSPS) is 11.8. The summed E-state index contributed by atoms with van der Waals surface area (Å²) >= 11 is 0. The summed E-state index contributed by atoms with van der Waals surface area (Å²) in [6.45, 7) is 3.76. The van der Waals surface area contributed by atoms with Gasteiger partial charge in [0.2, 0.25) is 10.0 Å². The summed E-state index contributed by atoms with van der Waals surface area (Å²) in [5.41, 5.74) is 5.93. The molecule has 0 atom stereocenters. The van der Waals surface area contributed by atoms with Crippen LogP contribution in [0.4, 0.5) is 0 Å². The topological polar surface area (TPSA) is 91.9 Å². The number of carbonyl (C=O) groups is 1. The molecule has 4 aromatic rings. The molecule has 1 aromatic heterocycles. The van der Waals surface area contributed by atoms with Crippen molar-refractivity contribution in [2.45, 2.75) is 33.1 Å². The zero-order valence-corrected chi connectivity index (χ0v) is 20.7. The number of fused-ring (bicyclic) bond motifs is 1. The van der Waals surface area contributed by atoms with Crippen LogP contribution in [0.15, 0.2) is 66.7 Å². The zero-order valence-electron chi connectivity index (χ0n) is 19.9. The molecule has 1 heterocycles. The maximum Gasteiger partial charge on any atom is 0.264 e. The second-order valence-corrected chi connectivity index (χ2v) is 10.5. The van der Waals surface area contributed by atoms with Crippen molar-refractivity contribution in [3.8, 4) is 0 Å². The average Bonchev–Trinajstić information content (AvgIpc) is 3.23. The molecule has 7 heteroatoms. The van der Waals surface area contributed by atoms with Gasteiger partial charge < -0.3 is 4.98 Å². The monoisotopic (exact) mass is 487 g/mol. The van der Waals surface area contributed by atoms with Gasteiger partial charge in [-0.1, -0.05) is 80.1 Å². The minimum atomic E-state index is -3.67. The van der Waals surface area contributed by atoms with Gasteiger partial charge in [-0.3, -0.25) is 4.79 Å². The summed E-state index contributed by atoms with van der Waals surface area (Å²) < 4.78 is 26.7. The maximum atomic E-state index is 12.8. The number of H-pyrrole nitrogens is 1. The standard InChI is InChI=1S/C28H29N3O3S/c1-3-4-16-35(33,34)31-28(32)25-18-24(27-26(19-25)29-20(2)30-27)17-23-14-12-22(13-15-23)11-10-21-8-6-5-7-9-21/h5-15,18-19H,3-4,16-17H2,1-2H3,(H,29,30)(H,31,32). The molecular weight excluding hydrogens is 458 g/mol. The van der Waals surface area contributed by atoms with E-state index in [1.807, 2.05) is 32.0 Å². The minimum absolute atomic E-state index is 0.0709. The summed E-state index contributed by atoms with van der Waals surface area (Å²) in [5.74, 6) is 0.0344. The molecule has 6 nitrogen and oxygen atoms in total. The molecule has 0 aliphatic rings. The Bertz CT molecular complexity index is 1450. The second kappa shape index (κ2) is 10.7. The molecule has 4 rings (SSSR count). The minimum Gasteiger partial charge on any atom is -0.342 e. The molecule has 180 valence electrons. The van der Waals surface area contributed by atoms with Crippen molar-refractivity contribution in [2.24, 2.45) is 0 Å². The predicted octanol–water partition coefficient (Wildman–Crippen LogP) is 5.49. The summed E-state index contributed by atoms with van der Waals surface area (Å²) in [6.07, 6.45) is 5.94. The van der Waals surface area contributed by atoms with Gasteiger partial charge in [0.25, 0.3) is 5.91 Å². The van der Waals surface area contributed by atoms with E-state index in [-0.39, 0.29) is 5.75 Å². The zero-order chi connectivity index (χ0) is 24.8. The number of benzene rings is 3. The molecule has 0 saturated carbocycles. The highest BCUT2D eigenvalue weighted by Crippen LogP contribution is 2.23. The molecule has 0 saturated heterocycles. The van der Waals surface area contributed by atoms with Gasteiger partial charge in [0.05, 0.1) is 16.8 Å². The van der Waals surface area contributed by atoms with E-state index in [2.05, 4.69) is 63.2 Å². The molecule has 0 fully saturated rings. The van der Waals surface area contributed by atoms with E-state index in [0.717, 1.165) is 40.0 Å². The first kappa shape index (κ1) is 24.4. The molecule has 0 radical (unpaired) electrons. The van der Waals surface area contributed by atoms with Crippen LogP contribution in [0.25, 0.3) is 23.2 Å². The van der Waals surface area contributed by atoms with Gasteiger partial charge in [-0.15, -0.1) is 0 Å². The molecule has 3 aromatic carbocycles. The number of carbonyl (C=O) groups excluding carboxylic acids is 1. The Morgan fingerprint density at radius 2 is 1.69 bits per heavy atom. The lowest BCUT2D eigenvalue weighted by Crippen LogP contribution is -2.32. The van der Waals surface area contributed by atoms with Crippen LogP contribution in [-0.2, 0) is 16.4 Å². The SMILES string of the molecule is CCCCS(=O)(=O)NC(=O)c1cc(Cc2ccc(C=Cc3ccccc3)cc2)c2nc(C)[nH]c2c1. The molecule has 1 amide bonds. The molecule has 2 N–H and O–H groups in total. The van der Waals surface area contributed by atoms with Crippen LogP contribution in [0.1, 0.15) is 58.2 Å². The van der Waals surface area contributed by atoms with Crippen molar-refractivity contribution >= 4 is 39.1 Å². The molecule has 0 aliphatic carbocycles. The number of nitrogens with zero attached hydrogens (tertiary/aromatic N) is 1. The number of unbranched alkanes of at least 4 members (excludes halogenated alkanes) is 1. The van der Waals surface area contributed by atoms with Crippen LogP contribution in [0.3, 0.4) is 0 Å². The van der Waals surface area contributed by atoms with E-state index in [1.54, 1.807) is 12.1 Å². The predicted molar refractivity (Wildman–Crippen MR) is 142 cm³/mol. The van der Waals surface area contributed by atoms with Gasteiger partial charge in [-0.25, -0.2) is 18.1 Å². The van der Waals surface area contributed by atoms with Crippen LogP contribution in [-0.4, -0.2) is 30.0 Å². The molecule has 0 bridgehead atoms. The van der Waals surface area contributed by atoms with E-state index in [9.17, 15) is 13.2 Å². The van der Waals surface area contributed by atoms with E-state index >= 15 is 0 Å². The lowest BCUT2D eigenvalue weighted by molar-refractivity contribution is 0.0981. The fraction of sp³-hybridized carbons (Fsp3) is 0.214. The lowest BCUT2D eigenvalue weighted by Gasteiger charge is -2.09. The third-order valence-corrected chi connectivity index (χ3v) is 7.03. The van der Waals surface area contributed by atoms with Gasteiger partial charge >= 0.3 is 0 Å². The smallest absolute Gasteiger partial charge is 0.264 e. The van der Waals surface area contributed by atoms with Gasteiger partial charge in [-0.05, 0) is 54.2 Å². The molecule has 0 spiro atoms. The quantitative estimate of drug-likeness (QED) is 0.305. The number of hydrogen-bond donors (Lipinski definition) is 2. The highest BCUT2D eigenvalue weighted by molar-refractivity contribution is 7.90. The number of sulfonamides is 1. The number of hydrogen-bond acceptors (Lipinski definition) is 4. The largest absolute Gasteiger partial charge is 0.342 e. The third-order valence-electron chi connectivity index (χ3n) is 5.70. The van der Waals surface area contributed by atoms with E-state index in [0.29, 0.717) is 23.9 Å². The highest BCUT2D eigenvalue weighted by Gasteiger charge is 2.18. The average molecular weight is 488 g/mol. The Morgan fingerprint density at radius 3 is 2.37 bits per heavy atom. The van der Waals surface area contributed by atoms with Gasteiger partial charge in [0.15, 0.2) is 0 Å². The first-order valence-corrected chi connectivity index (χ1v) is 13.3. The van der Waals surface area contributed by atoms with E-state index in [4.69, 9.17) is 0 Å². The number of aromatic nitrogens is 2. The summed E-state index contributed by atoms with van der Waals surface area (Å²) in [7, 11) is -3.67. The third kappa shape index (κ3) is 6.45. The van der Waals surface area contributed by atoms with Crippen LogP contribution in [0.2, 0.25) is 0 Å². The lowest BCUT2D eigenvalue weighted by atomic mass is 9.99. The Kier molecular flexibility index (Phi) is 7.46. The van der Waals surface area contributed by atoms with Crippen LogP contribution in [0, 0.1) is 6.92 Å². The summed E-state index contributed by atoms with van der Waals surface area (Å²) in [6, 6.07) is 21.7. The number of rotatable bonds is 9. The van der Waals surface area contributed by atoms with Gasteiger partial charge in [0.1, 0.15) is 5.82 Å². The highest BCUT2D eigenvalue weighted by atomic mass is 32.2. The molecule has 35 heavy (non-hydrogen) atoms. The van der Waals surface area contributed by atoms with Crippen molar-refractivity contribution in [3.63, 3.8) is 0 Å². The first-order valence-electron chi connectivity index (χ1n) is 11.7. The number of imidazole rings is 1. The fourth-order valence-corrected chi connectivity index (χ4v) is 5.06. The maximum absolute atomic E-state index is 12.8. The van der Waals surface area contributed by atoms with E-state index < -0.39 is 15.9 Å². The van der Waals surface area contributed by atoms with Crippen LogP contribution >= 0.6 is 0 Å². The Morgan fingerprint density at radius 1 is 1.00 bits per heavy atom. The van der Waals surface area contributed by atoms with E-state index in [1.165, 1.54) is 0 Å². The Hall–Kier alpha value is -3.71. The second-order valence-electron chi connectivity index (χ2n) is 8.62. The Balaban J connectivity index is 1.56. The van der Waals surface area contributed by atoms with Crippen molar-refractivity contribution < 1.29 is 13.2 Å². The van der Waals surface area contributed by atoms with Gasteiger partial charge in [-0.2, -0.15) is 0 Å². The first-order chi connectivity index (χ1) is 16.8. The Labute approximate surface area is 206 Å². The number of nitrogens with one attached hydrogen (secondary N) is 2. The molecular formula is C28H29N3O3S.